The van der Waals surface area contributed by atoms with Gasteiger partial charge < -0.3 is 20.9 Å². The van der Waals surface area contributed by atoms with Crippen molar-refractivity contribution in [3.63, 3.8) is 0 Å². The van der Waals surface area contributed by atoms with Crippen LogP contribution in [0.1, 0.15) is 12.8 Å². The molecule has 2 aromatic carbocycles. The number of benzene rings is 2. The molecule has 0 aliphatic carbocycles. The third kappa shape index (κ3) is 4.72. The van der Waals surface area contributed by atoms with E-state index in [9.17, 15) is 0 Å². The van der Waals surface area contributed by atoms with Crippen molar-refractivity contribution in [3.05, 3.63) is 48.5 Å². The highest BCUT2D eigenvalue weighted by molar-refractivity contribution is 5.42. The molecule has 20 heavy (non-hydrogen) atoms. The topological polar surface area (TPSA) is 70.5 Å². The average Bonchev–Trinajstić information content (AvgIpc) is 2.46. The molecule has 0 amide bonds. The Morgan fingerprint density at radius 3 is 1.30 bits per heavy atom. The van der Waals surface area contributed by atoms with E-state index < -0.39 is 0 Å². The number of rotatable bonds is 7. The fourth-order valence-corrected chi connectivity index (χ4v) is 1.71. The van der Waals surface area contributed by atoms with Gasteiger partial charge in [-0.05, 0) is 61.4 Å². The van der Waals surface area contributed by atoms with Gasteiger partial charge in [0.15, 0.2) is 0 Å². The third-order valence-electron chi connectivity index (χ3n) is 2.84. The summed E-state index contributed by atoms with van der Waals surface area (Å²) in [5, 5.41) is 0. The lowest BCUT2D eigenvalue weighted by molar-refractivity contribution is 0.266. The van der Waals surface area contributed by atoms with E-state index in [2.05, 4.69) is 0 Å². The number of ether oxygens (including phenoxy) is 2. The highest BCUT2D eigenvalue weighted by Crippen LogP contribution is 2.15. The summed E-state index contributed by atoms with van der Waals surface area (Å²) in [5.41, 5.74) is 12.7. The molecule has 0 atom stereocenters. The predicted molar refractivity (Wildman–Crippen MR) is 81.9 cm³/mol. The van der Waals surface area contributed by atoms with E-state index in [0.717, 1.165) is 35.7 Å². The Morgan fingerprint density at radius 2 is 0.950 bits per heavy atom. The maximum atomic E-state index is 5.61. The monoisotopic (exact) mass is 272 g/mol. The number of unbranched alkanes of at least 4 members (excludes halogenated alkanes) is 1. The summed E-state index contributed by atoms with van der Waals surface area (Å²) in [6.45, 7) is 1.35. The second-order valence-corrected chi connectivity index (χ2v) is 4.54. The molecule has 0 spiro atoms. The first-order valence-electron chi connectivity index (χ1n) is 6.71. The molecule has 0 radical (unpaired) electrons. The second kappa shape index (κ2) is 7.28. The predicted octanol–water partition coefficient (Wildman–Crippen LogP) is 3.09. The first-order chi connectivity index (χ1) is 9.74. The highest BCUT2D eigenvalue weighted by Gasteiger charge is 1.96. The van der Waals surface area contributed by atoms with Crippen molar-refractivity contribution in [2.45, 2.75) is 12.8 Å². The normalized spacial score (nSPS) is 10.2. The lowest BCUT2D eigenvalue weighted by atomic mass is 10.3. The van der Waals surface area contributed by atoms with Crippen LogP contribution in [-0.4, -0.2) is 13.2 Å². The number of anilines is 2. The van der Waals surface area contributed by atoms with Gasteiger partial charge in [0.25, 0.3) is 0 Å². The standard InChI is InChI=1S/C16H20N2O2/c17-13-3-7-15(8-4-13)19-11-1-2-12-20-16-9-5-14(18)6-10-16/h3-10H,1-2,11-12,17-18H2. The van der Waals surface area contributed by atoms with Crippen molar-refractivity contribution in [3.8, 4) is 11.5 Å². The van der Waals surface area contributed by atoms with Crippen molar-refractivity contribution in [2.24, 2.45) is 0 Å². The van der Waals surface area contributed by atoms with Crippen LogP contribution in [0.25, 0.3) is 0 Å². The van der Waals surface area contributed by atoms with Gasteiger partial charge in [-0.25, -0.2) is 0 Å². The number of hydrogen-bond acceptors (Lipinski definition) is 4. The molecule has 0 aromatic heterocycles. The zero-order chi connectivity index (χ0) is 14.2. The largest absolute Gasteiger partial charge is 0.494 e. The van der Waals surface area contributed by atoms with E-state index in [0.29, 0.717) is 13.2 Å². The molecule has 0 unspecified atom stereocenters. The molecule has 4 heteroatoms. The van der Waals surface area contributed by atoms with Gasteiger partial charge in [0.2, 0.25) is 0 Å². The van der Waals surface area contributed by atoms with Gasteiger partial charge in [-0.1, -0.05) is 0 Å². The van der Waals surface area contributed by atoms with Gasteiger partial charge in [-0.3, -0.25) is 0 Å². The summed E-state index contributed by atoms with van der Waals surface area (Å²) < 4.78 is 11.2. The van der Waals surface area contributed by atoms with Crippen LogP contribution in [0.15, 0.2) is 48.5 Å². The highest BCUT2D eigenvalue weighted by atomic mass is 16.5. The molecular weight excluding hydrogens is 252 g/mol. The van der Waals surface area contributed by atoms with Crippen molar-refractivity contribution in [1.82, 2.24) is 0 Å². The first kappa shape index (κ1) is 14.1. The molecule has 106 valence electrons. The molecule has 0 saturated carbocycles. The molecule has 4 nitrogen and oxygen atoms in total. The smallest absolute Gasteiger partial charge is 0.119 e. The maximum Gasteiger partial charge on any atom is 0.119 e. The Labute approximate surface area is 119 Å². The fraction of sp³-hybridized carbons (Fsp3) is 0.250. The van der Waals surface area contributed by atoms with E-state index in [-0.39, 0.29) is 0 Å². The minimum Gasteiger partial charge on any atom is -0.494 e. The Kier molecular flexibility index (Phi) is 5.12. The van der Waals surface area contributed by atoms with Gasteiger partial charge in [-0.15, -0.1) is 0 Å². The molecule has 0 saturated heterocycles. The molecular formula is C16H20N2O2. The van der Waals surface area contributed by atoms with Crippen LogP contribution in [-0.2, 0) is 0 Å². The molecule has 2 aromatic rings. The minimum atomic E-state index is 0.676. The number of hydrogen-bond donors (Lipinski definition) is 2. The Hall–Kier alpha value is -2.36. The number of nitrogens with two attached hydrogens (primary N) is 2. The third-order valence-corrected chi connectivity index (χ3v) is 2.84. The zero-order valence-corrected chi connectivity index (χ0v) is 11.4. The Morgan fingerprint density at radius 1 is 0.600 bits per heavy atom. The average molecular weight is 272 g/mol. The van der Waals surface area contributed by atoms with Crippen molar-refractivity contribution in [1.29, 1.82) is 0 Å². The molecule has 0 aliphatic heterocycles. The van der Waals surface area contributed by atoms with Crippen molar-refractivity contribution in [2.75, 3.05) is 24.7 Å². The van der Waals surface area contributed by atoms with Gasteiger partial charge >= 0.3 is 0 Å². The van der Waals surface area contributed by atoms with Crippen molar-refractivity contribution >= 4 is 11.4 Å². The Balaban J connectivity index is 1.57. The summed E-state index contributed by atoms with van der Waals surface area (Å²) >= 11 is 0. The summed E-state index contributed by atoms with van der Waals surface area (Å²) in [4.78, 5) is 0. The van der Waals surface area contributed by atoms with Gasteiger partial charge in [0.05, 0.1) is 13.2 Å². The molecule has 0 aliphatic rings. The molecule has 4 N–H and O–H groups in total. The summed E-state index contributed by atoms with van der Waals surface area (Å²) in [7, 11) is 0. The fourth-order valence-electron chi connectivity index (χ4n) is 1.71. The molecule has 0 heterocycles. The van der Waals surface area contributed by atoms with Crippen LogP contribution in [0.4, 0.5) is 11.4 Å². The minimum absolute atomic E-state index is 0.676. The maximum absolute atomic E-state index is 5.61. The van der Waals surface area contributed by atoms with Crippen LogP contribution < -0.4 is 20.9 Å². The molecule has 0 fully saturated rings. The quantitative estimate of drug-likeness (QED) is 0.600. The first-order valence-corrected chi connectivity index (χ1v) is 6.71. The van der Waals surface area contributed by atoms with Gasteiger partial charge in [0.1, 0.15) is 11.5 Å². The van der Waals surface area contributed by atoms with E-state index >= 15 is 0 Å². The van der Waals surface area contributed by atoms with E-state index in [4.69, 9.17) is 20.9 Å². The lowest BCUT2D eigenvalue weighted by Crippen LogP contribution is -2.02. The van der Waals surface area contributed by atoms with Gasteiger partial charge in [-0.2, -0.15) is 0 Å². The van der Waals surface area contributed by atoms with E-state index in [1.165, 1.54) is 0 Å². The van der Waals surface area contributed by atoms with E-state index in [1.807, 2.05) is 48.5 Å². The SMILES string of the molecule is Nc1ccc(OCCCCOc2ccc(N)cc2)cc1. The van der Waals surface area contributed by atoms with Crippen molar-refractivity contribution < 1.29 is 9.47 Å². The van der Waals surface area contributed by atoms with Crippen LogP contribution >= 0.6 is 0 Å². The summed E-state index contributed by atoms with van der Waals surface area (Å²) in [6.07, 6.45) is 1.89. The summed E-state index contributed by atoms with van der Waals surface area (Å²) in [5.74, 6) is 1.69. The Bertz CT molecular complexity index is 460. The van der Waals surface area contributed by atoms with Crippen LogP contribution in [0, 0.1) is 0 Å². The summed E-state index contributed by atoms with van der Waals surface area (Å²) in [6, 6.07) is 14.8. The zero-order valence-electron chi connectivity index (χ0n) is 11.4. The van der Waals surface area contributed by atoms with Crippen LogP contribution in [0.3, 0.4) is 0 Å². The van der Waals surface area contributed by atoms with Gasteiger partial charge in [0, 0.05) is 11.4 Å². The van der Waals surface area contributed by atoms with Crippen LogP contribution in [0.2, 0.25) is 0 Å². The number of nitrogen functional groups attached to an aromatic ring is 2. The molecule has 2 rings (SSSR count). The second-order valence-electron chi connectivity index (χ2n) is 4.54. The molecule has 0 bridgehead atoms. The van der Waals surface area contributed by atoms with Crippen LogP contribution in [0.5, 0.6) is 11.5 Å². The lowest BCUT2D eigenvalue weighted by Gasteiger charge is -2.08. The van der Waals surface area contributed by atoms with E-state index in [1.54, 1.807) is 0 Å².